The summed E-state index contributed by atoms with van der Waals surface area (Å²) in [6.45, 7) is 8.05. The molecule has 2 rings (SSSR count). The summed E-state index contributed by atoms with van der Waals surface area (Å²) in [5.41, 5.74) is 3.57. The van der Waals surface area contributed by atoms with Gasteiger partial charge in [-0.15, -0.1) is 0 Å². The molecule has 0 aliphatic rings. The first-order valence-electron chi connectivity index (χ1n) is 6.25. The van der Waals surface area contributed by atoms with Crippen LogP contribution in [0.5, 0.6) is 0 Å². The van der Waals surface area contributed by atoms with Crippen LogP contribution in [0.15, 0.2) is 18.6 Å². The number of rotatable bonds is 5. The predicted octanol–water partition coefficient (Wildman–Crippen LogP) is 2.31. The minimum atomic E-state index is 0.748. The second kappa shape index (κ2) is 5.62. The zero-order valence-corrected chi connectivity index (χ0v) is 11.1. The first kappa shape index (κ1) is 12.5. The Labute approximate surface area is 107 Å². The molecular weight excluding hydrogens is 226 g/mol. The second-order valence-corrected chi connectivity index (χ2v) is 4.32. The van der Waals surface area contributed by atoms with E-state index in [1.54, 1.807) is 12.5 Å². The number of aromatic nitrogens is 4. The van der Waals surface area contributed by atoms with Crippen LogP contribution in [0.3, 0.4) is 0 Å². The minimum absolute atomic E-state index is 0.748. The second-order valence-electron chi connectivity index (χ2n) is 4.32. The molecule has 5 nitrogen and oxygen atoms in total. The Bertz CT molecular complexity index is 504. The molecule has 0 fully saturated rings. The van der Waals surface area contributed by atoms with Crippen molar-refractivity contribution in [2.24, 2.45) is 0 Å². The van der Waals surface area contributed by atoms with Crippen molar-refractivity contribution in [3.63, 3.8) is 0 Å². The molecular formula is C13H19N5. The quantitative estimate of drug-likeness (QED) is 0.878. The number of nitrogens with one attached hydrogen (secondary N) is 1. The fourth-order valence-corrected chi connectivity index (χ4v) is 1.99. The van der Waals surface area contributed by atoms with Gasteiger partial charge in [0, 0.05) is 30.5 Å². The average Bonchev–Trinajstić information content (AvgIpc) is 2.64. The van der Waals surface area contributed by atoms with Crippen LogP contribution in [0.25, 0.3) is 0 Å². The summed E-state index contributed by atoms with van der Waals surface area (Å²) in [5.74, 6) is 0.840. The van der Waals surface area contributed by atoms with Crippen LogP contribution in [-0.2, 0) is 13.1 Å². The van der Waals surface area contributed by atoms with E-state index in [1.165, 1.54) is 11.3 Å². The summed E-state index contributed by atoms with van der Waals surface area (Å²) in [7, 11) is 0. The van der Waals surface area contributed by atoms with Crippen molar-refractivity contribution in [3.05, 3.63) is 35.5 Å². The summed E-state index contributed by atoms with van der Waals surface area (Å²) in [5, 5.41) is 7.85. The van der Waals surface area contributed by atoms with Crippen LogP contribution in [0, 0.1) is 13.8 Å². The highest BCUT2D eigenvalue weighted by atomic mass is 15.3. The van der Waals surface area contributed by atoms with Gasteiger partial charge >= 0.3 is 0 Å². The Hall–Kier alpha value is -1.91. The van der Waals surface area contributed by atoms with E-state index in [-0.39, 0.29) is 0 Å². The number of hydrogen-bond acceptors (Lipinski definition) is 4. The molecule has 0 aliphatic carbocycles. The monoisotopic (exact) mass is 245 g/mol. The van der Waals surface area contributed by atoms with Crippen molar-refractivity contribution < 1.29 is 0 Å². The van der Waals surface area contributed by atoms with Crippen LogP contribution in [0.4, 0.5) is 5.82 Å². The predicted molar refractivity (Wildman–Crippen MR) is 71.4 cm³/mol. The molecule has 2 heterocycles. The van der Waals surface area contributed by atoms with Gasteiger partial charge in [0.05, 0.1) is 5.69 Å². The molecule has 2 aromatic rings. The third-order valence-electron chi connectivity index (χ3n) is 3.00. The smallest absolute Gasteiger partial charge is 0.129 e. The van der Waals surface area contributed by atoms with E-state index < -0.39 is 0 Å². The Kier molecular flexibility index (Phi) is 3.92. The fraction of sp³-hybridized carbons (Fsp3) is 0.462. The molecule has 2 aromatic heterocycles. The number of aryl methyl sites for hydroxylation is 2. The minimum Gasteiger partial charge on any atom is -0.366 e. The molecule has 18 heavy (non-hydrogen) atoms. The van der Waals surface area contributed by atoms with Gasteiger partial charge in [0.1, 0.15) is 12.1 Å². The third-order valence-corrected chi connectivity index (χ3v) is 3.00. The van der Waals surface area contributed by atoms with Crippen LogP contribution < -0.4 is 5.32 Å². The van der Waals surface area contributed by atoms with Gasteiger partial charge in [-0.3, -0.25) is 4.68 Å². The van der Waals surface area contributed by atoms with Crippen molar-refractivity contribution in [2.45, 2.75) is 40.3 Å². The molecule has 0 saturated carbocycles. The molecule has 96 valence electrons. The number of hydrogen-bond donors (Lipinski definition) is 1. The Morgan fingerprint density at radius 3 is 2.83 bits per heavy atom. The fourth-order valence-electron chi connectivity index (χ4n) is 1.99. The maximum absolute atomic E-state index is 4.56. The summed E-state index contributed by atoms with van der Waals surface area (Å²) in [6.07, 6.45) is 4.37. The van der Waals surface area contributed by atoms with Crippen molar-refractivity contribution >= 4 is 5.82 Å². The highest BCUT2D eigenvalue weighted by Crippen LogP contribution is 2.15. The van der Waals surface area contributed by atoms with Gasteiger partial charge < -0.3 is 5.32 Å². The van der Waals surface area contributed by atoms with E-state index in [9.17, 15) is 0 Å². The maximum Gasteiger partial charge on any atom is 0.129 e. The summed E-state index contributed by atoms with van der Waals surface area (Å²) >= 11 is 0. The summed E-state index contributed by atoms with van der Waals surface area (Å²) in [4.78, 5) is 8.04. The van der Waals surface area contributed by atoms with E-state index in [4.69, 9.17) is 0 Å². The third kappa shape index (κ3) is 2.67. The van der Waals surface area contributed by atoms with E-state index in [2.05, 4.69) is 45.8 Å². The lowest BCUT2D eigenvalue weighted by Gasteiger charge is -2.06. The topological polar surface area (TPSA) is 55.6 Å². The molecule has 0 bridgehead atoms. The molecule has 0 unspecified atom stereocenters. The molecule has 5 heteroatoms. The molecule has 0 spiro atoms. The van der Waals surface area contributed by atoms with Gasteiger partial charge in [-0.2, -0.15) is 5.10 Å². The summed E-state index contributed by atoms with van der Waals surface area (Å²) < 4.78 is 2.08. The first-order chi connectivity index (χ1) is 8.72. The molecule has 0 atom stereocenters. The number of nitrogens with zero attached hydrogens (tertiary/aromatic N) is 4. The van der Waals surface area contributed by atoms with E-state index in [0.29, 0.717) is 0 Å². The zero-order chi connectivity index (χ0) is 13.0. The SMILES string of the molecule is CCCn1nc(C)c(CNc2ccncn2)c1C. The van der Waals surface area contributed by atoms with Gasteiger partial charge in [-0.05, 0) is 26.3 Å². The Morgan fingerprint density at radius 2 is 2.17 bits per heavy atom. The molecule has 0 amide bonds. The van der Waals surface area contributed by atoms with Crippen molar-refractivity contribution in [2.75, 3.05) is 5.32 Å². The van der Waals surface area contributed by atoms with Gasteiger partial charge in [0.2, 0.25) is 0 Å². The van der Waals surface area contributed by atoms with Crippen LogP contribution in [0.2, 0.25) is 0 Å². The standard InChI is InChI=1S/C13H19N5/c1-4-7-18-11(3)12(10(2)17-18)8-15-13-5-6-14-9-16-13/h5-6,9H,4,7-8H2,1-3H3,(H,14,15,16). The lowest BCUT2D eigenvalue weighted by atomic mass is 10.2. The van der Waals surface area contributed by atoms with Gasteiger partial charge in [-0.25, -0.2) is 9.97 Å². The largest absolute Gasteiger partial charge is 0.366 e. The average molecular weight is 245 g/mol. The highest BCUT2D eigenvalue weighted by Gasteiger charge is 2.10. The normalized spacial score (nSPS) is 10.6. The molecule has 0 radical (unpaired) electrons. The summed E-state index contributed by atoms with van der Waals surface area (Å²) in [6, 6.07) is 1.86. The molecule has 0 saturated heterocycles. The molecule has 0 aromatic carbocycles. The molecule has 1 N–H and O–H groups in total. The van der Waals surface area contributed by atoms with Crippen molar-refractivity contribution in [3.8, 4) is 0 Å². The van der Waals surface area contributed by atoms with Gasteiger partial charge in [0.25, 0.3) is 0 Å². The van der Waals surface area contributed by atoms with Gasteiger partial charge in [-0.1, -0.05) is 6.92 Å². The van der Waals surface area contributed by atoms with Gasteiger partial charge in [0.15, 0.2) is 0 Å². The van der Waals surface area contributed by atoms with Crippen LogP contribution in [0.1, 0.15) is 30.3 Å². The van der Waals surface area contributed by atoms with Crippen LogP contribution >= 0.6 is 0 Å². The van der Waals surface area contributed by atoms with Crippen molar-refractivity contribution in [1.82, 2.24) is 19.7 Å². The maximum atomic E-state index is 4.56. The zero-order valence-electron chi connectivity index (χ0n) is 11.1. The highest BCUT2D eigenvalue weighted by molar-refractivity contribution is 5.35. The van der Waals surface area contributed by atoms with E-state index >= 15 is 0 Å². The molecule has 0 aliphatic heterocycles. The first-order valence-corrected chi connectivity index (χ1v) is 6.25. The van der Waals surface area contributed by atoms with E-state index in [1.807, 2.05) is 6.07 Å². The number of anilines is 1. The lowest BCUT2D eigenvalue weighted by molar-refractivity contribution is 0.582. The Morgan fingerprint density at radius 1 is 1.33 bits per heavy atom. The lowest BCUT2D eigenvalue weighted by Crippen LogP contribution is -2.05. The Balaban J connectivity index is 2.10. The van der Waals surface area contributed by atoms with E-state index in [0.717, 1.165) is 31.0 Å². The van der Waals surface area contributed by atoms with Crippen LogP contribution in [-0.4, -0.2) is 19.7 Å². The van der Waals surface area contributed by atoms with Crippen molar-refractivity contribution in [1.29, 1.82) is 0 Å².